The Morgan fingerprint density at radius 2 is 2.05 bits per heavy atom. The van der Waals surface area contributed by atoms with Gasteiger partial charge in [0.15, 0.2) is 0 Å². The second-order valence-electron chi connectivity index (χ2n) is 4.81. The zero-order chi connectivity index (χ0) is 15.0. The standard InChI is InChI=1S/C13H23N3O4/c1-3-7-14-13(19)15-11(17)9-16-8-5-4-6-10(16)12(18)20-2/h10H,3-9H2,1-2H3,(H2,14,15,17,19)/t10-/m1/s1. The van der Waals surface area contributed by atoms with Crippen molar-refractivity contribution < 1.29 is 19.1 Å². The highest BCUT2D eigenvalue weighted by Crippen LogP contribution is 2.17. The predicted octanol–water partition coefficient (Wildman–Crippen LogP) is 0.250. The Morgan fingerprint density at radius 3 is 2.70 bits per heavy atom. The van der Waals surface area contributed by atoms with Gasteiger partial charge < -0.3 is 10.1 Å². The fraction of sp³-hybridized carbons (Fsp3) is 0.769. The zero-order valence-electron chi connectivity index (χ0n) is 12.1. The molecule has 20 heavy (non-hydrogen) atoms. The molecule has 0 unspecified atom stereocenters. The van der Waals surface area contributed by atoms with Gasteiger partial charge in [0.25, 0.3) is 0 Å². The summed E-state index contributed by atoms with van der Waals surface area (Å²) in [6, 6.07) is -0.887. The SMILES string of the molecule is CCCNC(=O)NC(=O)CN1CCCC[C@@H]1C(=O)OC. The molecule has 0 aromatic heterocycles. The summed E-state index contributed by atoms with van der Waals surface area (Å²) in [6.45, 7) is 3.13. The van der Waals surface area contributed by atoms with Crippen LogP contribution in [0.15, 0.2) is 0 Å². The maximum atomic E-state index is 11.8. The van der Waals surface area contributed by atoms with E-state index in [4.69, 9.17) is 4.74 Å². The molecule has 0 aliphatic carbocycles. The number of likely N-dealkylation sites (tertiary alicyclic amines) is 1. The molecule has 1 saturated heterocycles. The summed E-state index contributed by atoms with van der Waals surface area (Å²) < 4.78 is 4.74. The lowest BCUT2D eigenvalue weighted by Gasteiger charge is -2.32. The molecule has 3 amide bonds. The molecule has 0 bridgehead atoms. The minimum absolute atomic E-state index is 0.0271. The van der Waals surface area contributed by atoms with Gasteiger partial charge in [-0.2, -0.15) is 0 Å². The van der Waals surface area contributed by atoms with Crippen LogP contribution in [-0.2, 0) is 14.3 Å². The van der Waals surface area contributed by atoms with Crippen molar-refractivity contribution in [3.8, 4) is 0 Å². The lowest BCUT2D eigenvalue weighted by Crippen LogP contribution is -2.51. The first-order valence-electron chi connectivity index (χ1n) is 6.98. The summed E-state index contributed by atoms with van der Waals surface area (Å²) in [5.41, 5.74) is 0. The van der Waals surface area contributed by atoms with Gasteiger partial charge in [0.1, 0.15) is 6.04 Å². The molecule has 1 aliphatic rings. The van der Waals surface area contributed by atoms with Crippen LogP contribution >= 0.6 is 0 Å². The van der Waals surface area contributed by atoms with Crippen LogP contribution in [0.5, 0.6) is 0 Å². The number of amides is 3. The predicted molar refractivity (Wildman–Crippen MR) is 73.1 cm³/mol. The van der Waals surface area contributed by atoms with E-state index in [1.54, 1.807) is 4.90 Å². The number of rotatable bonds is 5. The topological polar surface area (TPSA) is 87.7 Å². The molecule has 1 atom stereocenters. The molecule has 1 aliphatic heterocycles. The van der Waals surface area contributed by atoms with Gasteiger partial charge in [0.05, 0.1) is 13.7 Å². The zero-order valence-corrected chi connectivity index (χ0v) is 12.1. The Morgan fingerprint density at radius 1 is 1.30 bits per heavy atom. The van der Waals surface area contributed by atoms with Gasteiger partial charge in [-0.05, 0) is 25.8 Å². The van der Waals surface area contributed by atoms with E-state index in [-0.39, 0.29) is 12.5 Å². The second-order valence-corrected chi connectivity index (χ2v) is 4.81. The van der Waals surface area contributed by atoms with Gasteiger partial charge in [-0.25, -0.2) is 4.79 Å². The molecule has 0 radical (unpaired) electrons. The van der Waals surface area contributed by atoms with Crippen molar-refractivity contribution in [3.63, 3.8) is 0 Å². The minimum atomic E-state index is -0.497. The van der Waals surface area contributed by atoms with Crippen molar-refractivity contribution in [2.24, 2.45) is 0 Å². The van der Waals surface area contributed by atoms with Crippen LogP contribution < -0.4 is 10.6 Å². The average molecular weight is 285 g/mol. The molecule has 114 valence electrons. The number of urea groups is 1. The number of nitrogens with one attached hydrogen (secondary N) is 2. The van der Waals surface area contributed by atoms with E-state index in [2.05, 4.69) is 10.6 Å². The number of nitrogens with zero attached hydrogens (tertiary/aromatic N) is 1. The number of methoxy groups -OCH3 is 1. The number of carbonyl (C=O) groups excluding carboxylic acids is 3. The van der Waals surface area contributed by atoms with Crippen LogP contribution in [0.25, 0.3) is 0 Å². The Bertz CT molecular complexity index is 360. The first-order valence-corrected chi connectivity index (χ1v) is 6.98. The van der Waals surface area contributed by atoms with Crippen LogP contribution in [-0.4, -0.2) is 55.6 Å². The maximum absolute atomic E-state index is 11.8. The first kappa shape index (κ1) is 16.4. The highest BCUT2D eigenvalue weighted by atomic mass is 16.5. The summed E-state index contributed by atoms with van der Waals surface area (Å²) in [6.07, 6.45) is 3.36. The number of piperidine rings is 1. The minimum Gasteiger partial charge on any atom is -0.468 e. The Balaban J connectivity index is 2.45. The van der Waals surface area contributed by atoms with Crippen molar-refractivity contribution in [2.75, 3.05) is 26.7 Å². The van der Waals surface area contributed by atoms with E-state index in [1.807, 2.05) is 6.92 Å². The highest BCUT2D eigenvalue weighted by molar-refractivity contribution is 5.95. The van der Waals surface area contributed by atoms with Gasteiger partial charge in [0, 0.05) is 6.54 Å². The van der Waals surface area contributed by atoms with Gasteiger partial charge in [-0.3, -0.25) is 19.8 Å². The Labute approximate surface area is 119 Å². The van der Waals surface area contributed by atoms with E-state index in [9.17, 15) is 14.4 Å². The first-order chi connectivity index (χ1) is 9.58. The quantitative estimate of drug-likeness (QED) is 0.707. The molecule has 1 rings (SSSR count). The summed E-state index contributed by atoms with van der Waals surface area (Å²) in [5.74, 6) is -0.734. The van der Waals surface area contributed by atoms with E-state index in [0.29, 0.717) is 19.5 Å². The van der Waals surface area contributed by atoms with Gasteiger partial charge >= 0.3 is 12.0 Å². The van der Waals surface area contributed by atoms with Gasteiger partial charge in [-0.15, -0.1) is 0 Å². The molecule has 7 nitrogen and oxygen atoms in total. The van der Waals surface area contributed by atoms with Crippen molar-refractivity contribution >= 4 is 17.9 Å². The fourth-order valence-electron chi connectivity index (χ4n) is 2.22. The van der Waals surface area contributed by atoms with Crippen LogP contribution in [0.3, 0.4) is 0 Å². The molecular formula is C13H23N3O4. The van der Waals surface area contributed by atoms with Crippen LogP contribution in [0.1, 0.15) is 32.6 Å². The van der Waals surface area contributed by atoms with E-state index < -0.39 is 18.0 Å². The summed E-state index contributed by atoms with van der Waals surface area (Å²) in [5, 5.41) is 4.82. The molecule has 1 fully saturated rings. The number of esters is 1. The Hall–Kier alpha value is -1.63. The summed E-state index contributed by atoms with van der Waals surface area (Å²) in [7, 11) is 1.34. The number of ether oxygens (including phenoxy) is 1. The molecule has 2 N–H and O–H groups in total. The van der Waals surface area contributed by atoms with Crippen molar-refractivity contribution in [2.45, 2.75) is 38.6 Å². The van der Waals surface area contributed by atoms with E-state index in [0.717, 1.165) is 19.3 Å². The number of carbonyl (C=O) groups is 3. The van der Waals surface area contributed by atoms with E-state index in [1.165, 1.54) is 7.11 Å². The monoisotopic (exact) mass is 285 g/mol. The third-order valence-corrected chi connectivity index (χ3v) is 3.22. The van der Waals surface area contributed by atoms with Gasteiger partial charge in [-0.1, -0.05) is 13.3 Å². The van der Waals surface area contributed by atoms with Gasteiger partial charge in [0.2, 0.25) is 5.91 Å². The molecule has 0 saturated carbocycles. The number of hydrogen-bond acceptors (Lipinski definition) is 5. The Kier molecular flexibility index (Phi) is 7.00. The van der Waals surface area contributed by atoms with Crippen molar-refractivity contribution in [1.82, 2.24) is 15.5 Å². The molecule has 0 aromatic carbocycles. The molecule has 7 heteroatoms. The number of imide groups is 1. The molecule has 1 heterocycles. The fourth-order valence-corrected chi connectivity index (χ4v) is 2.22. The third kappa shape index (κ3) is 5.16. The molecule has 0 aromatic rings. The molecule has 0 spiro atoms. The van der Waals surface area contributed by atoms with Crippen LogP contribution in [0.2, 0.25) is 0 Å². The second kappa shape index (κ2) is 8.52. The smallest absolute Gasteiger partial charge is 0.323 e. The van der Waals surface area contributed by atoms with Crippen LogP contribution in [0.4, 0.5) is 4.79 Å². The summed E-state index contributed by atoms with van der Waals surface area (Å²) >= 11 is 0. The van der Waals surface area contributed by atoms with Crippen molar-refractivity contribution in [3.05, 3.63) is 0 Å². The lowest BCUT2D eigenvalue weighted by atomic mass is 10.0. The van der Waals surface area contributed by atoms with Crippen LogP contribution in [0, 0.1) is 0 Å². The highest BCUT2D eigenvalue weighted by Gasteiger charge is 2.30. The maximum Gasteiger partial charge on any atom is 0.323 e. The van der Waals surface area contributed by atoms with E-state index >= 15 is 0 Å². The normalized spacial score (nSPS) is 19.2. The average Bonchev–Trinajstić information content (AvgIpc) is 2.44. The van der Waals surface area contributed by atoms with Crippen molar-refractivity contribution in [1.29, 1.82) is 0 Å². The number of hydrogen-bond donors (Lipinski definition) is 2. The molecular weight excluding hydrogens is 262 g/mol. The lowest BCUT2D eigenvalue weighted by molar-refractivity contribution is -0.148. The third-order valence-electron chi connectivity index (χ3n) is 3.22. The summed E-state index contributed by atoms with van der Waals surface area (Å²) in [4.78, 5) is 36.6. The largest absolute Gasteiger partial charge is 0.468 e.